The predicted molar refractivity (Wildman–Crippen MR) is 106 cm³/mol. The summed E-state index contributed by atoms with van der Waals surface area (Å²) in [6.45, 7) is 2.67. The van der Waals surface area contributed by atoms with E-state index in [2.05, 4.69) is 25.3 Å². The molecule has 0 bridgehead atoms. The number of nitrogens with zero attached hydrogens (tertiary/aromatic N) is 4. The maximum atomic E-state index is 13.6. The van der Waals surface area contributed by atoms with Crippen molar-refractivity contribution in [2.24, 2.45) is 0 Å². The lowest BCUT2D eigenvalue weighted by atomic mass is 10.2. The van der Waals surface area contributed by atoms with Crippen LogP contribution < -0.4 is 10.1 Å². The summed E-state index contributed by atoms with van der Waals surface area (Å²) in [5.41, 5.74) is 2.03. The molecule has 1 N–H and O–H groups in total. The number of halogens is 1. The summed E-state index contributed by atoms with van der Waals surface area (Å²) in [6, 6.07) is 10.7. The summed E-state index contributed by atoms with van der Waals surface area (Å²) in [4.78, 5) is 17.3. The number of aromatic nitrogens is 4. The molecule has 0 atom stereocenters. The zero-order chi connectivity index (χ0) is 19.3. The second kappa shape index (κ2) is 7.96. The first-order valence-electron chi connectivity index (χ1n) is 8.95. The van der Waals surface area contributed by atoms with E-state index >= 15 is 0 Å². The average Bonchev–Trinajstić information content (AvgIpc) is 2.73. The highest BCUT2D eigenvalue weighted by Gasteiger charge is 2.12. The number of fused-ring (bicyclic) bond motifs is 1. The van der Waals surface area contributed by atoms with E-state index in [-0.39, 0.29) is 0 Å². The van der Waals surface area contributed by atoms with Crippen LogP contribution >= 0.6 is 0 Å². The first kappa shape index (κ1) is 17.8. The van der Waals surface area contributed by atoms with Gasteiger partial charge in [0, 0.05) is 29.4 Å². The van der Waals surface area contributed by atoms with Gasteiger partial charge in [0.25, 0.3) is 0 Å². The number of anilines is 2. The van der Waals surface area contributed by atoms with Gasteiger partial charge in [-0.25, -0.2) is 14.4 Å². The fourth-order valence-electron chi connectivity index (χ4n) is 2.75. The molecule has 1 aromatic carbocycles. The molecule has 0 fully saturated rings. The number of rotatable bonds is 6. The van der Waals surface area contributed by atoms with Gasteiger partial charge in [-0.05, 0) is 36.8 Å². The normalized spacial score (nSPS) is 10.8. The Balaban J connectivity index is 1.83. The van der Waals surface area contributed by atoms with Crippen molar-refractivity contribution in [2.75, 3.05) is 11.9 Å². The molecule has 0 radical (unpaired) electrons. The van der Waals surface area contributed by atoms with Gasteiger partial charge in [-0.3, -0.25) is 9.97 Å². The fourth-order valence-corrected chi connectivity index (χ4v) is 2.75. The predicted octanol–water partition coefficient (Wildman–Crippen LogP) is 4.76. The van der Waals surface area contributed by atoms with Crippen molar-refractivity contribution in [3.8, 4) is 17.1 Å². The maximum absolute atomic E-state index is 13.6. The van der Waals surface area contributed by atoms with E-state index in [4.69, 9.17) is 4.74 Å². The SMILES string of the molecule is CCCOc1ccc2nc(-c3cccnc3)nc(Nc3cncc(F)c3)c2c1. The number of pyridine rings is 2. The highest BCUT2D eigenvalue weighted by molar-refractivity contribution is 5.93. The van der Waals surface area contributed by atoms with Crippen molar-refractivity contribution in [3.63, 3.8) is 0 Å². The van der Waals surface area contributed by atoms with Crippen LogP contribution in [0, 0.1) is 5.82 Å². The van der Waals surface area contributed by atoms with Crippen LogP contribution in [-0.2, 0) is 0 Å². The highest BCUT2D eigenvalue weighted by Crippen LogP contribution is 2.30. The smallest absolute Gasteiger partial charge is 0.163 e. The van der Waals surface area contributed by atoms with Crippen LogP contribution in [0.2, 0.25) is 0 Å². The second-order valence-electron chi connectivity index (χ2n) is 6.18. The lowest BCUT2D eigenvalue weighted by Gasteiger charge is -2.12. The van der Waals surface area contributed by atoms with Crippen molar-refractivity contribution >= 4 is 22.4 Å². The molecule has 3 heterocycles. The lowest BCUT2D eigenvalue weighted by molar-refractivity contribution is 0.318. The lowest BCUT2D eigenvalue weighted by Crippen LogP contribution is -2.01. The third-order valence-electron chi connectivity index (χ3n) is 4.03. The van der Waals surface area contributed by atoms with Gasteiger partial charge in [-0.2, -0.15) is 0 Å². The Kier molecular flexibility index (Phi) is 5.05. The Labute approximate surface area is 161 Å². The summed E-state index contributed by atoms with van der Waals surface area (Å²) in [6.07, 6.45) is 7.00. The molecule has 0 saturated carbocycles. The number of nitrogens with one attached hydrogen (secondary N) is 1. The number of hydrogen-bond acceptors (Lipinski definition) is 6. The van der Waals surface area contributed by atoms with Crippen molar-refractivity contribution in [2.45, 2.75) is 13.3 Å². The largest absolute Gasteiger partial charge is 0.494 e. The van der Waals surface area contributed by atoms with Crippen molar-refractivity contribution < 1.29 is 9.13 Å². The molecule has 0 amide bonds. The molecule has 3 aromatic heterocycles. The minimum Gasteiger partial charge on any atom is -0.494 e. The van der Waals surface area contributed by atoms with Crippen LogP contribution in [0.4, 0.5) is 15.9 Å². The molecular weight excluding hydrogens is 357 g/mol. The molecular formula is C21H18FN5O. The van der Waals surface area contributed by atoms with E-state index in [1.807, 2.05) is 37.3 Å². The summed E-state index contributed by atoms with van der Waals surface area (Å²) >= 11 is 0. The van der Waals surface area contributed by atoms with E-state index in [9.17, 15) is 4.39 Å². The fraction of sp³-hybridized carbons (Fsp3) is 0.143. The van der Waals surface area contributed by atoms with Crippen LogP contribution in [-0.4, -0.2) is 26.5 Å². The first-order chi connectivity index (χ1) is 13.7. The molecule has 28 heavy (non-hydrogen) atoms. The van der Waals surface area contributed by atoms with Gasteiger partial charge < -0.3 is 10.1 Å². The molecule has 0 aliphatic rings. The van der Waals surface area contributed by atoms with Gasteiger partial charge in [-0.15, -0.1) is 0 Å². The molecule has 0 aliphatic heterocycles. The first-order valence-corrected chi connectivity index (χ1v) is 8.95. The Morgan fingerprint density at radius 3 is 2.75 bits per heavy atom. The van der Waals surface area contributed by atoms with Crippen molar-refractivity contribution in [3.05, 3.63) is 67.0 Å². The molecule has 0 spiro atoms. The Morgan fingerprint density at radius 2 is 1.96 bits per heavy atom. The van der Waals surface area contributed by atoms with Gasteiger partial charge in [0.2, 0.25) is 0 Å². The molecule has 0 saturated heterocycles. The number of benzene rings is 1. The van der Waals surface area contributed by atoms with Gasteiger partial charge in [0.1, 0.15) is 17.4 Å². The minimum atomic E-state index is -0.428. The third-order valence-corrected chi connectivity index (χ3v) is 4.03. The van der Waals surface area contributed by atoms with E-state index in [0.717, 1.165) is 34.8 Å². The van der Waals surface area contributed by atoms with Gasteiger partial charge >= 0.3 is 0 Å². The number of ether oxygens (including phenoxy) is 1. The van der Waals surface area contributed by atoms with Crippen molar-refractivity contribution in [1.82, 2.24) is 19.9 Å². The molecule has 0 aliphatic carbocycles. The van der Waals surface area contributed by atoms with Crippen LogP contribution in [0.25, 0.3) is 22.3 Å². The summed E-state index contributed by atoms with van der Waals surface area (Å²) in [7, 11) is 0. The van der Waals surface area contributed by atoms with Crippen LogP contribution in [0.3, 0.4) is 0 Å². The maximum Gasteiger partial charge on any atom is 0.163 e. The Bertz CT molecular complexity index is 1100. The zero-order valence-electron chi connectivity index (χ0n) is 15.3. The Hall–Kier alpha value is -3.61. The summed E-state index contributed by atoms with van der Waals surface area (Å²) in [5.74, 6) is 1.36. The zero-order valence-corrected chi connectivity index (χ0v) is 15.3. The van der Waals surface area contributed by atoms with E-state index < -0.39 is 5.82 Å². The second-order valence-corrected chi connectivity index (χ2v) is 6.18. The molecule has 6 nitrogen and oxygen atoms in total. The molecule has 140 valence electrons. The molecule has 7 heteroatoms. The quantitative estimate of drug-likeness (QED) is 0.524. The van der Waals surface area contributed by atoms with E-state index in [1.54, 1.807) is 12.4 Å². The van der Waals surface area contributed by atoms with E-state index in [1.165, 1.54) is 12.3 Å². The van der Waals surface area contributed by atoms with Gasteiger partial charge in [0.05, 0.1) is 30.2 Å². The molecule has 0 unspecified atom stereocenters. The monoisotopic (exact) mass is 375 g/mol. The van der Waals surface area contributed by atoms with Crippen LogP contribution in [0.5, 0.6) is 5.75 Å². The third kappa shape index (κ3) is 3.88. The standard InChI is InChI=1S/C21H18FN5O/c1-2-8-28-17-5-6-19-18(10-17)21(25-16-9-15(22)12-24-13-16)27-20(26-19)14-4-3-7-23-11-14/h3-7,9-13H,2,8H2,1H3,(H,25,26,27). The summed E-state index contributed by atoms with van der Waals surface area (Å²) in [5, 5.41) is 3.92. The van der Waals surface area contributed by atoms with Crippen molar-refractivity contribution in [1.29, 1.82) is 0 Å². The average molecular weight is 375 g/mol. The Morgan fingerprint density at radius 1 is 1.04 bits per heavy atom. The molecule has 4 rings (SSSR count). The summed E-state index contributed by atoms with van der Waals surface area (Å²) < 4.78 is 19.3. The van der Waals surface area contributed by atoms with E-state index in [0.29, 0.717) is 23.9 Å². The highest BCUT2D eigenvalue weighted by atomic mass is 19.1. The van der Waals surface area contributed by atoms with Gasteiger partial charge in [0.15, 0.2) is 5.82 Å². The topological polar surface area (TPSA) is 72.8 Å². The molecule has 4 aromatic rings. The van der Waals surface area contributed by atoms with Crippen LogP contribution in [0.1, 0.15) is 13.3 Å². The number of hydrogen-bond donors (Lipinski definition) is 1. The van der Waals surface area contributed by atoms with Crippen LogP contribution in [0.15, 0.2) is 61.2 Å². The minimum absolute atomic E-state index is 0.428. The van der Waals surface area contributed by atoms with Gasteiger partial charge in [-0.1, -0.05) is 6.92 Å².